The van der Waals surface area contributed by atoms with Crippen LogP contribution in [0.1, 0.15) is 45.2 Å². The Morgan fingerprint density at radius 2 is 1.91 bits per heavy atom. The van der Waals surface area contributed by atoms with Gasteiger partial charge in [0.15, 0.2) is 11.5 Å². The van der Waals surface area contributed by atoms with Gasteiger partial charge in [-0.05, 0) is 38.0 Å². The van der Waals surface area contributed by atoms with Crippen LogP contribution in [0.2, 0.25) is 5.02 Å². The van der Waals surface area contributed by atoms with E-state index in [1.807, 2.05) is 18.3 Å². The third kappa shape index (κ3) is 4.89. The van der Waals surface area contributed by atoms with Crippen LogP contribution in [0.15, 0.2) is 37.1 Å². The number of carbonyl (C=O) groups is 1. The number of nitrogens with one attached hydrogen (secondary N) is 2. The van der Waals surface area contributed by atoms with Gasteiger partial charge >= 0.3 is 0 Å². The van der Waals surface area contributed by atoms with Crippen LogP contribution in [-0.2, 0) is 4.79 Å². The summed E-state index contributed by atoms with van der Waals surface area (Å²) in [7, 11) is 0. The molecule has 0 saturated carbocycles. The lowest BCUT2D eigenvalue weighted by molar-refractivity contribution is -0.120. The highest BCUT2D eigenvalue weighted by Gasteiger charge is 2.24. The molecule has 1 unspecified atom stereocenters. The summed E-state index contributed by atoms with van der Waals surface area (Å²) >= 11 is 6.64. The van der Waals surface area contributed by atoms with Crippen molar-refractivity contribution in [1.82, 2.24) is 24.9 Å². The van der Waals surface area contributed by atoms with Gasteiger partial charge in [0.1, 0.15) is 11.8 Å². The number of benzene rings is 1. The second-order valence-electron chi connectivity index (χ2n) is 8.64. The van der Waals surface area contributed by atoms with E-state index in [9.17, 15) is 4.79 Å². The number of pyridine rings is 1. The van der Waals surface area contributed by atoms with E-state index in [0.717, 1.165) is 46.6 Å². The maximum Gasteiger partial charge on any atom is 0.219 e. The van der Waals surface area contributed by atoms with Gasteiger partial charge in [0.05, 0.1) is 28.6 Å². The van der Waals surface area contributed by atoms with Crippen molar-refractivity contribution >= 4 is 51.1 Å². The lowest BCUT2D eigenvalue weighted by Gasteiger charge is -2.27. The van der Waals surface area contributed by atoms with Gasteiger partial charge in [0, 0.05) is 36.2 Å². The van der Waals surface area contributed by atoms with Gasteiger partial charge in [-0.25, -0.2) is 15.0 Å². The van der Waals surface area contributed by atoms with Crippen molar-refractivity contribution in [3.05, 3.63) is 47.6 Å². The van der Waals surface area contributed by atoms with Gasteiger partial charge in [-0.3, -0.25) is 9.78 Å². The number of aromatic nitrogens is 5. The van der Waals surface area contributed by atoms with Crippen molar-refractivity contribution in [3.8, 4) is 0 Å². The highest BCUT2D eigenvalue weighted by molar-refractivity contribution is 6.36. The van der Waals surface area contributed by atoms with E-state index in [2.05, 4.69) is 48.1 Å². The average molecular weight is 481 g/mol. The molecule has 9 nitrogen and oxygen atoms in total. The Morgan fingerprint density at radius 1 is 1.18 bits per heavy atom. The molecule has 1 fully saturated rings. The normalized spacial score (nSPS) is 14.3. The fourth-order valence-electron chi connectivity index (χ4n) is 3.97. The summed E-state index contributed by atoms with van der Waals surface area (Å²) in [5.74, 6) is 0.472. The Bertz CT molecular complexity index is 1300. The SMILES string of the molecule is CC(C)C(N)=O.CC(Nc1ncnc2nc[nH]c12)c1cc(Cl)c2cccnc2c1N1CCCC1. The molecule has 4 N–H and O–H groups in total. The Hall–Kier alpha value is -3.46. The number of carbonyl (C=O) groups excluding carboxylic acids is 1. The zero-order valence-corrected chi connectivity index (χ0v) is 20.3. The number of rotatable bonds is 5. The fourth-order valence-corrected chi connectivity index (χ4v) is 4.24. The molecule has 1 atom stereocenters. The fraction of sp³-hybridized carbons (Fsp3) is 0.375. The summed E-state index contributed by atoms with van der Waals surface area (Å²) in [5.41, 5.74) is 9.46. The zero-order chi connectivity index (χ0) is 24.2. The molecule has 0 radical (unpaired) electrons. The second-order valence-corrected chi connectivity index (χ2v) is 9.04. The van der Waals surface area contributed by atoms with E-state index < -0.39 is 0 Å². The standard InChI is InChI=1S/C20H20ClN7.C4H9NO/c1-12(27-20-17-19(24-10-23-17)25-11-26-20)14-9-15(21)13-5-4-6-22-16(13)18(14)28-7-2-3-8-28;1-3(2)4(5)6/h4-6,9-12H,2-3,7-8H2,1H3,(H2,23,24,25,26,27);3H,1-2H3,(H2,5,6). The van der Waals surface area contributed by atoms with Gasteiger partial charge in [-0.2, -0.15) is 0 Å². The quantitative estimate of drug-likeness (QED) is 0.385. The molecule has 0 aliphatic carbocycles. The number of fused-ring (bicyclic) bond motifs is 2. The molecule has 1 aliphatic heterocycles. The van der Waals surface area contributed by atoms with Gasteiger partial charge in [0.2, 0.25) is 5.91 Å². The summed E-state index contributed by atoms with van der Waals surface area (Å²) < 4.78 is 0. The third-order valence-electron chi connectivity index (χ3n) is 5.88. The first kappa shape index (κ1) is 23.7. The molecule has 1 saturated heterocycles. The minimum Gasteiger partial charge on any atom is -0.369 e. The van der Waals surface area contributed by atoms with Crippen molar-refractivity contribution in [2.24, 2.45) is 11.7 Å². The largest absolute Gasteiger partial charge is 0.369 e. The number of hydrogen-bond donors (Lipinski definition) is 3. The molecule has 0 bridgehead atoms. The first-order valence-electron chi connectivity index (χ1n) is 11.4. The molecule has 10 heteroatoms. The van der Waals surface area contributed by atoms with Crippen LogP contribution in [0.3, 0.4) is 0 Å². The monoisotopic (exact) mass is 480 g/mol. The van der Waals surface area contributed by atoms with Gasteiger partial charge < -0.3 is 20.9 Å². The van der Waals surface area contributed by atoms with Crippen LogP contribution in [0.5, 0.6) is 0 Å². The van der Waals surface area contributed by atoms with Gasteiger partial charge in [-0.1, -0.05) is 25.4 Å². The van der Waals surface area contributed by atoms with E-state index in [-0.39, 0.29) is 17.9 Å². The molecule has 5 rings (SSSR count). The van der Waals surface area contributed by atoms with E-state index in [1.165, 1.54) is 19.2 Å². The molecule has 1 amide bonds. The molecule has 1 aliphatic rings. The van der Waals surface area contributed by atoms with Crippen LogP contribution < -0.4 is 16.0 Å². The van der Waals surface area contributed by atoms with Crippen molar-refractivity contribution in [2.45, 2.75) is 39.7 Å². The first-order valence-corrected chi connectivity index (χ1v) is 11.8. The summed E-state index contributed by atoms with van der Waals surface area (Å²) in [6.45, 7) is 7.71. The predicted molar refractivity (Wildman–Crippen MR) is 136 cm³/mol. The third-order valence-corrected chi connectivity index (χ3v) is 6.19. The molecule has 178 valence electrons. The number of primary amides is 1. The Labute approximate surface area is 203 Å². The second kappa shape index (κ2) is 10.2. The van der Waals surface area contributed by atoms with Crippen molar-refractivity contribution in [1.29, 1.82) is 0 Å². The minimum atomic E-state index is -0.241. The van der Waals surface area contributed by atoms with Crippen LogP contribution in [0, 0.1) is 5.92 Å². The van der Waals surface area contributed by atoms with E-state index >= 15 is 0 Å². The number of imidazole rings is 1. The van der Waals surface area contributed by atoms with Crippen LogP contribution in [0.25, 0.3) is 22.1 Å². The van der Waals surface area contributed by atoms with Crippen LogP contribution in [0.4, 0.5) is 11.5 Å². The lowest BCUT2D eigenvalue weighted by Crippen LogP contribution is -2.22. The number of amides is 1. The van der Waals surface area contributed by atoms with Crippen molar-refractivity contribution in [2.75, 3.05) is 23.3 Å². The zero-order valence-electron chi connectivity index (χ0n) is 19.5. The molecular weight excluding hydrogens is 452 g/mol. The number of halogens is 1. The highest BCUT2D eigenvalue weighted by atomic mass is 35.5. The summed E-state index contributed by atoms with van der Waals surface area (Å²) in [4.78, 5) is 32.9. The van der Waals surface area contributed by atoms with Crippen LogP contribution >= 0.6 is 11.6 Å². The molecule has 4 aromatic rings. The van der Waals surface area contributed by atoms with Crippen LogP contribution in [-0.4, -0.2) is 43.9 Å². The topological polar surface area (TPSA) is 126 Å². The number of nitrogens with zero attached hydrogens (tertiary/aromatic N) is 5. The number of aromatic amines is 1. The van der Waals surface area contributed by atoms with E-state index in [4.69, 9.17) is 17.3 Å². The summed E-state index contributed by atoms with van der Waals surface area (Å²) in [6.07, 6.45) is 7.37. The predicted octanol–water partition coefficient (Wildman–Crippen LogP) is 4.46. The van der Waals surface area contributed by atoms with E-state index in [1.54, 1.807) is 20.2 Å². The number of H-pyrrole nitrogens is 1. The van der Waals surface area contributed by atoms with Gasteiger partial charge in [0.25, 0.3) is 0 Å². The molecular formula is C24H29ClN8O. The minimum absolute atomic E-state index is 0.00926. The summed E-state index contributed by atoms with van der Waals surface area (Å²) in [6, 6.07) is 5.99. The molecule has 0 spiro atoms. The molecule has 1 aromatic carbocycles. The first-order chi connectivity index (χ1) is 16.4. The smallest absolute Gasteiger partial charge is 0.219 e. The Balaban J connectivity index is 0.000000408. The van der Waals surface area contributed by atoms with Gasteiger partial charge in [-0.15, -0.1) is 0 Å². The Morgan fingerprint density at radius 3 is 2.62 bits per heavy atom. The number of hydrogen-bond acceptors (Lipinski definition) is 7. The molecule has 3 aromatic heterocycles. The number of nitrogens with two attached hydrogens (primary N) is 1. The average Bonchev–Trinajstić information content (AvgIpc) is 3.52. The summed E-state index contributed by atoms with van der Waals surface area (Å²) in [5, 5.41) is 5.21. The maximum atomic E-state index is 9.92. The molecule has 4 heterocycles. The van der Waals surface area contributed by atoms with Crippen molar-refractivity contribution in [3.63, 3.8) is 0 Å². The molecule has 34 heavy (non-hydrogen) atoms. The number of anilines is 2. The maximum absolute atomic E-state index is 9.92. The lowest BCUT2D eigenvalue weighted by atomic mass is 10.0. The van der Waals surface area contributed by atoms with Crippen molar-refractivity contribution < 1.29 is 4.79 Å². The Kier molecular flexibility index (Phi) is 7.12. The highest BCUT2D eigenvalue weighted by Crippen LogP contribution is 2.39. The van der Waals surface area contributed by atoms with E-state index in [0.29, 0.717) is 10.7 Å².